The van der Waals surface area contributed by atoms with Gasteiger partial charge in [0, 0.05) is 31.5 Å². The van der Waals surface area contributed by atoms with Crippen LogP contribution >= 0.6 is 0 Å². The zero-order chi connectivity index (χ0) is 17.6. The maximum absolute atomic E-state index is 12.1. The summed E-state index contributed by atoms with van der Waals surface area (Å²) >= 11 is 0. The molecule has 1 saturated heterocycles. The molecule has 1 aliphatic rings. The molecule has 0 aliphatic carbocycles. The van der Waals surface area contributed by atoms with Crippen LogP contribution in [0.3, 0.4) is 0 Å². The number of ether oxygens (including phenoxy) is 2. The van der Waals surface area contributed by atoms with Crippen LogP contribution in [-0.2, 0) is 4.79 Å². The number of amides is 1. The summed E-state index contributed by atoms with van der Waals surface area (Å²) in [5.74, 6) is 1.78. The van der Waals surface area contributed by atoms with Gasteiger partial charge in [-0.1, -0.05) is 12.1 Å². The number of rotatable bonds is 6. The lowest BCUT2D eigenvalue weighted by atomic mass is 10.2. The first-order valence-corrected chi connectivity index (χ1v) is 8.24. The third kappa shape index (κ3) is 4.37. The van der Waals surface area contributed by atoms with Crippen LogP contribution in [0.4, 0.5) is 5.82 Å². The van der Waals surface area contributed by atoms with Crippen LogP contribution in [0, 0.1) is 6.92 Å². The van der Waals surface area contributed by atoms with Gasteiger partial charge < -0.3 is 19.7 Å². The number of hydrogen-bond acceptors (Lipinski definition) is 6. The van der Waals surface area contributed by atoms with E-state index in [0.29, 0.717) is 24.0 Å². The van der Waals surface area contributed by atoms with Crippen LogP contribution < -0.4 is 19.7 Å². The summed E-state index contributed by atoms with van der Waals surface area (Å²) < 4.78 is 10.8. The fourth-order valence-electron chi connectivity index (χ4n) is 2.87. The minimum Gasteiger partial charge on any atom is -0.484 e. The molecule has 1 aliphatic heterocycles. The molecular formula is C18H22N4O3. The highest BCUT2D eigenvalue weighted by molar-refractivity contribution is 5.78. The average Bonchev–Trinajstić information content (AvgIpc) is 3.08. The Morgan fingerprint density at radius 2 is 2.20 bits per heavy atom. The summed E-state index contributed by atoms with van der Waals surface area (Å²) in [4.78, 5) is 22.7. The Bertz CT molecular complexity index is 738. The Morgan fingerprint density at radius 3 is 3.00 bits per heavy atom. The second kappa shape index (κ2) is 7.83. The van der Waals surface area contributed by atoms with Crippen molar-refractivity contribution in [3.63, 3.8) is 0 Å². The molecule has 7 nitrogen and oxygen atoms in total. The molecule has 0 spiro atoms. The van der Waals surface area contributed by atoms with E-state index in [-0.39, 0.29) is 18.6 Å². The van der Waals surface area contributed by atoms with E-state index in [9.17, 15) is 4.79 Å². The first-order chi connectivity index (χ1) is 12.2. The van der Waals surface area contributed by atoms with E-state index in [1.54, 1.807) is 19.5 Å². The van der Waals surface area contributed by atoms with Gasteiger partial charge in [-0.15, -0.1) is 0 Å². The summed E-state index contributed by atoms with van der Waals surface area (Å²) in [7, 11) is 1.57. The lowest BCUT2D eigenvalue weighted by Crippen LogP contribution is -2.39. The van der Waals surface area contributed by atoms with Crippen molar-refractivity contribution in [2.24, 2.45) is 0 Å². The number of aromatic nitrogens is 2. The molecule has 7 heteroatoms. The topological polar surface area (TPSA) is 76.6 Å². The quantitative estimate of drug-likeness (QED) is 0.859. The van der Waals surface area contributed by atoms with Crippen LogP contribution in [0.2, 0.25) is 0 Å². The van der Waals surface area contributed by atoms with Gasteiger partial charge in [-0.05, 0) is 31.0 Å². The fraction of sp³-hybridized carbons (Fsp3) is 0.389. The number of nitrogens with one attached hydrogen (secondary N) is 1. The van der Waals surface area contributed by atoms with Crippen molar-refractivity contribution in [2.45, 2.75) is 19.4 Å². The zero-order valence-corrected chi connectivity index (χ0v) is 14.4. The maximum Gasteiger partial charge on any atom is 0.258 e. The van der Waals surface area contributed by atoms with Crippen molar-refractivity contribution in [3.05, 3.63) is 42.2 Å². The van der Waals surface area contributed by atoms with Gasteiger partial charge in [-0.3, -0.25) is 4.79 Å². The number of aryl methyl sites for hydroxylation is 1. The van der Waals surface area contributed by atoms with E-state index in [1.165, 1.54) is 0 Å². The summed E-state index contributed by atoms with van der Waals surface area (Å²) in [6.07, 6.45) is 4.08. The Labute approximate surface area is 147 Å². The van der Waals surface area contributed by atoms with Gasteiger partial charge >= 0.3 is 0 Å². The van der Waals surface area contributed by atoms with Gasteiger partial charge in [0.1, 0.15) is 5.75 Å². The number of anilines is 1. The molecule has 2 aromatic rings. The molecule has 0 saturated carbocycles. The van der Waals surface area contributed by atoms with E-state index in [2.05, 4.69) is 20.2 Å². The van der Waals surface area contributed by atoms with E-state index in [1.807, 2.05) is 31.2 Å². The van der Waals surface area contributed by atoms with Crippen LogP contribution in [0.15, 0.2) is 36.7 Å². The van der Waals surface area contributed by atoms with E-state index in [4.69, 9.17) is 9.47 Å². The molecule has 1 atom stereocenters. The molecule has 25 heavy (non-hydrogen) atoms. The molecule has 1 aromatic heterocycles. The first kappa shape index (κ1) is 17.0. The van der Waals surface area contributed by atoms with Gasteiger partial charge in [0.05, 0.1) is 7.11 Å². The van der Waals surface area contributed by atoms with Crippen LogP contribution in [0.5, 0.6) is 11.6 Å². The van der Waals surface area contributed by atoms with Crippen LogP contribution in [0.1, 0.15) is 12.0 Å². The highest BCUT2D eigenvalue weighted by Crippen LogP contribution is 2.25. The van der Waals surface area contributed by atoms with Gasteiger partial charge in [0.25, 0.3) is 11.8 Å². The number of methoxy groups -OCH3 is 1. The second-order valence-corrected chi connectivity index (χ2v) is 5.99. The number of benzene rings is 1. The number of nitrogens with zero attached hydrogens (tertiary/aromatic N) is 3. The largest absolute Gasteiger partial charge is 0.484 e. The van der Waals surface area contributed by atoms with Crippen molar-refractivity contribution in [3.8, 4) is 11.6 Å². The second-order valence-electron chi connectivity index (χ2n) is 5.99. The van der Waals surface area contributed by atoms with E-state index >= 15 is 0 Å². The molecule has 0 unspecified atom stereocenters. The van der Waals surface area contributed by atoms with E-state index < -0.39 is 0 Å². The first-order valence-electron chi connectivity index (χ1n) is 8.24. The summed E-state index contributed by atoms with van der Waals surface area (Å²) in [5.41, 5.74) is 1.10. The van der Waals surface area contributed by atoms with Gasteiger partial charge in [-0.25, -0.2) is 9.97 Å². The minimum absolute atomic E-state index is 0.00835. The predicted octanol–water partition coefficient (Wildman–Crippen LogP) is 1.57. The molecule has 2 heterocycles. The highest BCUT2D eigenvalue weighted by Gasteiger charge is 2.27. The van der Waals surface area contributed by atoms with Gasteiger partial charge in [-0.2, -0.15) is 0 Å². The van der Waals surface area contributed by atoms with Crippen LogP contribution in [0.25, 0.3) is 0 Å². The molecule has 132 valence electrons. The Morgan fingerprint density at radius 1 is 1.36 bits per heavy atom. The normalized spacial score (nSPS) is 16.6. The molecule has 1 fully saturated rings. The number of carbonyl (C=O) groups excluding carboxylic acids is 1. The Balaban J connectivity index is 1.50. The monoisotopic (exact) mass is 342 g/mol. The van der Waals surface area contributed by atoms with E-state index in [0.717, 1.165) is 18.5 Å². The van der Waals surface area contributed by atoms with Crippen molar-refractivity contribution >= 4 is 11.7 Å². The minimum atomic E-state index is -0.125. The maximum atomic E-state index is 12.1. The molecule has 1 amide bonds. The fourth-order valence-corrected chi connectivity index (χ4v) is 2.87. The summed E-state index contributed by atoms with van der Waals surface area (Å²) in [5, 5.41) is 3.01. The molecule has 0 radical (unpaired) electrons. The Hall–Kier alpha value is -2.83. The number of hydrogen-bond donors (Lipinski definition) is 1. The third-order valence-corrected chi connectivity index (χ3v) is 4.05. The highest BCUT2D eigenvalue weighted by atomic mass is 16.5. The molecule has 1 N–H and O–H groups in total. The molecule has 3 rings (SSSR count). The zero-order valence-electron chi connectivity index (χ0n) is 14.4. The average molecular weight is 342 g/mol. The lowest BCUT2D eigenvalue weighted by molar-refractivity contribution is -0.123. The Kier molecular flexibility index (Phi) is 5.33. The lowest BCUT2D eigenvalue weighted by Gasteiger charge is -2.19. The standard InChI is InChI=1S/C18H22N4O3/c1-13-4-3-5-15(10-13)25-12-16(23)21-14-6-9-22(11-14)17-18(24-2)20-8-7-19-17/h3-5,7-8,10,14H,6,9,11-12H2,1-2H3,(H,21,23)/t14-/m0/s1. The van der Waals surface area contributed by atoms with Crippen molar-refractivity contribution in [1.82, 2.24) is 15.3 Å². The van der Waals surface area contributed by atoms with Gasteiger partial charge in [0.15, 0.2) is 12.4 Å². The smallest absolute Gasteiger partial charge is 0.258 e. The summed E-state index contributed by atoms with van der Waals surface area (Å²) in [6.45, 7) is 3.46. The molecular weight excluding hydrogens is 320 g/mol. The van der Waals surface area contributed by atoms with Crippen molar-refractivity contribution < 1.29 is 14.3 Å². The third-order valence-electron chi connectivity index (χ3n) is 4.05. The summed E-state index contributed by atoms with van der Waals surface area (Å²) in [6, 6.07) is 7.70. The predicted molar refractivity (Wildman–Crippen MR) is 94.0 cm³/mol. The van der Waals surface area contributed by atoms with Crippen molar-refractivity contribution in [1.29, 1.82) is 0 Å². The molecule has 1 aromatic carbocycles. The van der Waals surface area contributed by atoms with Crippen LogP contribution in [-0.4, -0.2) is 48.7 Å². The number of carbonyl (C=O) groups is 1. The van der Waals surface area contributed by atoms with Gasteiger partial charge in [0.2, 0.25) is 0 Å². The molecule has 0 bridgehead atoms. The SMILES string of the molecule is COc1nccnc1N1CC[C@H](NC(=O)COc2cccc(C)c2)C1. The van der Waals surface area contributed by atoms with Crippen molar-refractivity contribution in [2.75, 3.05) is 31.7 Å².